The average molecular weight is 344 g/mol. The fourth-order valence-electron chi connectivity index (χ4n) is 3.65. The second kappa shape index (κ2) is 7.33. The number of ether oxygens (including phenoxy) is 1. The summed E-state index contributed by atoms with van der Waals surface area (Å²) in [6.45, 7) is 19.4. The van der Waals surface area contributed by atoms with Gasteiger partial charge in [-0.1, -0.05) is 39.8 Å². The zero-order valence-electron chi connectivity index (χ0n) is 16.9. The lowest BCUT2D eigenvalue weighted by Crippen LogP contribution is -2.34. The SMILES string of the molecule is C=C1C2=NC(C)C(CCO)/C(=C(\C)CC)C2=C(C)O/C1=C/C(C)(C)C. The summed E-state index contributed by atoms with van der Waals surface area (Å²) in [5.41, 5.74) is 5.56. The van der Waals surface area contributed by atoms with Gasteiger partial charge in [-0.2, -0.15) is 0 Å². The predicted octanol–water partition coefficient (Wildman–Crippen LogP) is 5.35. The molecule has 0 fully saturated rings. The number of rotatable bonds is 3. The average Bonchev–Trinajstić information content (AvgIpc) is 2.51. The molecule has 0 amide bonds. The minimum absolute atomic E-state index is 0.00826. The number of fused-ring (bicyclic) bond motifs is 1. The van der Waals surface area contributed by atoms with Crippen LogP contribution in [0.2, 0.25) is 0 Å². The molecule has 0 aromatic carbocycles. The number of aliphatic imine (C=N–C) groups is 1. The standard InChI is InChI=1S/C22H33NO2/c1-9-13(2)19-17(10-11-24)15(4)23-21-14(3)18(12-22(6,7)8)25-16(5)20(19)21/h12,15,17,24H,3,9-11H2,1-2,4-8H3/b18-12+,19-13-. The number of aliphatic hydroxyl groups is 1. The van der Waals surface area contributed by atoms with Gasteiger partial charge in [-0.3, -0.25) is 4.99 Å². The molecule has 0 aliphatic carbocycles. The van der Waals surface area contributed by atoms with Crippen molar-refractivity contribution < 1.29 is 9.84 Å². The highest BCUT2D eigenvalue weighted by atomic mass is 16.5. The first-order valence-electron chi connectivity index (χ1n) is 9.31. The van der Waals surface area contributed by atoms with E-state index in [2.05, 4.69) is 54.2 Å². The summed E-state index contributed by atoms with van der Waals surface area (Å²) in [5.74, 6) is 1.93. The van der Waals surface area contributed by atoms with Crippen molar-refractivity contribution in [2.45, 2.75) is 67.3 Å². The van der Waals surface area contributed by atoms with Gasteiger partial charge in [0.25, 0.3) is 0 Å². The van der Waals surface area contributed by atoms with Gasteiger partial charge >= 0.3 is 0 Å². The summed E-state index contributed by atoms with van der Waals surface area (Å²) in [6.07, 6.45) is 3.82. The first kappa shape index (κ1) is 19.7. The molecule has 2 aliphatic rings. The molecule has 2 aliphatic heterocycles. The normalized spacial score (nSPS) is 27.9. The molecule has 3 nitrogen and oxygen atoms in total. The Morgan fingerprint density at radius 3 is 2.52 bits per heavy atom. The van der Waals surface area contributed by atoms with E-state index in [1.54, 1.807) is 0 Å². The van der Waals surface area contributed by atoms with E-state index in [9.17, 15) is 5.11 Å². The summed E-state index contributed by atoms with van der Waals surface area (Å²) in [5, 5.41) is 9.55. The van der Waals surface area contributed by atoms with Crippen molar-refractivity contribution in [3.8, 4) is 0 Å². The molecule has 2 atom stereocenters. The summed E-state index contributed by atoms with van der Waals surface area (Å²) >= 11 is 0. The second-order valence-corrected chi connectivity index (χ2v) is 8.27. The maximum absolute atomic E-state index is 9.55. The van der Waals surface area contributed by atoms with Gasteiger partial charge in [-0.05, 0) is 50.7 Å². The lowest BCUT2D eigenvalue weighted by Gasteiger charge is -2.37. The van der Waals surface area contributed by atoms with Crippen molar-refractivity contribution in [2.75, 3.05) is 6.61 Å². The highest BCUT2D eigenvalue weighted by molar-refractivity contribution is 6.18. The van der Waals surface area contributed by atoms with Crippen LogP contribution in [-0.2, 0) is 4.74 Å². The van der Waals surface area contributed by atoms with Crippen LogP contribution >= 0.6 is 0 Å². The number of allylic oxidation sites excluding steroid dienone is 5. The van der Waals surface area contributed by atoms with E-state index >= 15 is 0 Å². The molecule has 0 saturated carbocycles. The Hall–Kier alpha value is -1.61. The first-order chi connectivity index (χ1) is 11.6. The molecule has 0 saturated heterocycles. The third-order valence-corrected chi connectivity index (χ3v) is 4.98. The van der Waals surface area contributed by atoms with Crippen LogP contribution in [0, 0.1) is 11.3 Å². The Morgan fingerprint density at radius 1 is 1.36 bits per heavy atom. The number of nitrogens with zero attached hydrogens (tertiary/aromatic N) is 1. The number of hydrogen-bond acceptors (Lipinski definition) is 3. The minimum atomic E-state index is 0.00826. The van der Waals surface area contributed by atoms with E-state index in [1.807, 2.05) is 6.92 Å². The smallest absolute Gasteiger partial charge is 0.132 e. The van der Waals surface area contributed by atoms with Crippen molar-refractivity contribution in [3.05, 3.63) is 46.5 Å². The van der Waals surface area contributed by atoms with E-state index in [0.717, 1.165) is 41.2 Å². The van der Waals surface area contributed by atoms with Gasteiger partial charge in [-0.25, -0.2) is 0 Å². The fourth-order valence-corrected chi connectivity index (χ4v) is 3.65. The predicted molar refractivity (Wildman–Crippen MR) is 106 cm³/mol. The van der Waals surface area contributed by atoms with Crippen LogP contribution in [0.3, 0.4) is 0 Å². The Kier molecular flexibility index (Phi) is 5.78. The number of hydrogen-bond donors (Lipinski definition) is 1. The van der Waals surface area contributed by atoms with Gasteiger partial charge < -0.3 is 9.84 Å². The van der Waals surface area contributed by atoms with E-state index < -0.39 is 0 Å². The Labute approximate surface area is 152 Å². The summed E-state index contributed by atoms with van der Waals surface area (Å²) in [7, 11) is 0. The lowest BCUT2D eigenvalue weighted by atomic mass is 9.75. The van der Waals surface area contributed by atoms with Gasteiger partial charge in [0.05, 0.1) is 11.8 Å². The molecule has 0 bridgehead atoms. The largest absolute Gasteiger partial charge is 0.461 e. The Balaban J connectivity index is 2.67. The lowest BCUT2D eigenvalue weighted by molar-refractivity contribution is 0.255. The maximum atomic E-state index is 9.55. The first-order valence-corrected chi connectivity index (χ1v) is 9.31. The van der Waals surface area contributed by atoms with Crippen LogP contribution in [0.1, 0.15) is 61.3 Å². The second-order valence-electron chi connectivity index (χ2n) is 8.27. The Morgan fingerprint density at radius 2 is 2.00 bits per heavy atom. The molecule has 2 heterocycles. The van der Waals surface area contributed by atoms with Crippen molar-refractivity contribution in [2.24, 2.45) is 16.3 Å². The molecule has 0 aromatic heterocycles. The monoisotopic (exact) mass is 343 g/mol. The van der Waals surface area contributed by atoms with Crippen molar-refractivity contribution in [1.29, 1.82) is 0 Å². The van der Waals surface area contributed by atoms with Crippen molar-refractivity contribution >= 4 is 5.71 Å². The van der Waals surface area contributed by atoms with Crippen LogP contribution in [0.5, 0.6) is 0 Å². The van der Waals surface area contributed by atoms with E-state index in [1.165, 1.54) is 11.1 Å². The summed E-state index contributed by atoms with van der Waals surface area (Å²) in [4.78, 5) is 4.98. The molecule has 1 N–H and O–H groups in total. The third kappa shape index (κ3) is 3.98. The molecule has 0 spiro atoms. The Bertz CT molecular complexity index is 683. The van der Waals surface area contributed by atoms with E-state index in [4.69, 9.17) is 9.73 Å². The third-order valence-electron chi connectivity index (χ3n) is 4.98. The molecule has 3 heteroatoms. The van der Waals surface area contributed by atoms with Crippen LogP contribution < -0.4 is 0 Å². The van der Waals surface area contributed by atoms with Crippen LogP contribution in [0.15, 0.2) is 51.5 Å². The zero-order valence-corrected chi connectivity index (χ0v) is 16.9. The molecule has 2 rings (SSSR count). The highest BCUT2D eigenvalue weighted by Gasteiger charge is 2.38. The van der Waals surface area contributed by atoms with Gasteiger partial charge in [0.1, 0.15) is 11.5 Å². The topological polar surface area (TPSA) is 41.8 Å². The van der Waals surface area contributed by atoms with Gasteiger partial charge in [0, 0.05) is 23.7 Å². The molecule has 25 heavy (non-hydrogen) atoms. The van der Waals surface area contributed by atoms with Crippen molar-refractivity contribution in [3.63, 3.8) is 0 Å². The van der Waals surface area contributed by atoms with Gasteiger partial charge in [-0.15, -0.1) is 0 Å². The highest BCUT2D eigenvalue weighted by Crippen LogP contribution is 2.43. The molecule has 0 aromatic rings. The van der Waals surface area contributed by atoms with E-state index in [-0.39, 0.29) is 24.0 Å². The van der Waals surface area contributed by atoms with Crippen LogP contribution in [0.4, 0.5) is 0 Å². The summed E-state index contributed by atoms with van der Waals surface area (Å²) < 4.78 is 6.19. The zero-order chi connectivity index (χ0) is 18.9. The molecule has 0 radical (unpaired) electrons. The van der Waals surface area contributed by atoms with Gasteiger partial charge in [0.15, 0.2) is 0 Å². The maximum Gasteiger partial charge on any atom is 0.132 e. The van der Waals surface area contributed by atoms with Crippen LogP contribution in [-0.4, -0.2) is 23.5 Å². The molecular formula is C22H33NO2. The minimum Gasteiger partial charge on any atom is -0.461 e. The molecule has 2 unspecified atom stereocenters. The quantitative estimate of drug-likeness (QED) is 0.751. The van der Waals surface area contributed by atoms with Gasteiger partial charge in [0.2, 0.25) is 0 Å². The fraction of sp³-hybridized carbons (Fsp3) is 0.591. The summed E-state index contributed by atoms with van der Waals surface area (Å²) in [6, 6.07) is 0.126. The molecular weight excluding hydrogens is 310 g/mol. The van der Waals surface area contributed by atoms with Crippen LogP contribution in [0.25, 0.3) is 0 Å². The van der Waals surface area contributed by atoms with Crippen molar-refractivity contribution in [1.82, 2.24) is 0 Å². The van der Waals surface area contributed by atoms with E-state index in [0.29, 0.717) is 0 Å². The molecule has 138 valence electrons. The number of aliphatic hydroxyl groups excluding tert-OH is 1.